The molecule has 0 aliphatic rings. The molecule has 3 N–H and O–H groups in total. The van der Waals surface area contributed by atoms with E-state index in [4.69, 9.17) is 37.0 Å². The van der Waals surface area contributed by atoms with E-state index >= 15 is 0 Å². The van der Waals surface area contributed by atoms with E-state index in [1.54, 1.807) is 0 Å². The van der Waals surface area contributed by atoms with E-state index < -0.39 is 97.5 Å². The maximum absolute atomic E-state index is 12.9. The zero-order chi connectivity index (χ0) is 59.4. The molecule has 80 heavy (non-hydrogen) atoms. The van der Waals surface area contributed by atoms with Crippen LogP contribution in [-0.2, 0) is 65.4 Å². The first-order valence-corrected chi connectivity index (χ1v) is 35.0. The van der Waals surface area contributed by atoms with Gasteiger partial charge in [-0.25, -0.2) is 9.13 Å². The van der Waals surface area contributed by atoms with Crippen LogP contribution in [0.2, 0.25) is 0 Å². The van der Waals surface area contributed by atoms with Crippen molar-refractivity contribution in [2.24, 2.45) is 11.8 Å². The van der Waals surface area contributed by atoms with Crippen LogP contribution >= 0.6 is 15.6 Å². The largest absolute Gasteiger partial charge is 0.472 e. The molecule has 0 rings (SSSR count). The molecule has 3 unspecified atom stereocenters. The summed E-state index contributed by atoms with van der Waals surface area (Å²) in [5, 5.41) is 10.5. The number of phosphoric acid groups is 2. The van der Waals surface area contributed by atoms with Crippen LogP contribution in [0.1, 0.15) is 298 Å². The van der Waals surface area contributed by atoms with Gasteiger partial charge in [-0.15, -0.1) is 0 Å². The number of aliphatic hydroxyl groups is 1. The molecule has 0 aromatic heterocycles. The van der Waals surface area contributed by atoms with Crippen LogP contribution in [0.5, 0.6) is 0 Å². The molecule has 0 saturated carbocycles. The Hall–Kier alpha value is -1.94. The summed E-state index contributed by atoms with van der Waals surface area (Å²) in [4.78, 5) is 71.7. The smallest absolute Gasteiger partial charge is 0.462 e. The van der Waals surface area contributed by atoms with Crippen molar-refractivity contribution >= 4 is 39.5 Å². The lowest BCUT2D eigenvalue weighted by Gasteiger charge is -2.21. The van der Waals surface area contributed by atoms with Gasteiger partial charge in [-0.05, 0) is 37.5 Å². The minimum absolute atomic E-state index is 0.104. The van der Waals surface area contributed by atoms with Crippen LogP contribution in [0.15, 0.2) is 0 Å². The normalized spacial score (nSPS) is 14.7. The number of ether oxygens (including phenoxy) is 4. The Kier molecular flexibility index (Phi) is 52.5. The lowest BCUT2D eigenvalue weighted by molar-refractivity contribution is -0.161. The van der Waals surface area contributed by atoms with Gasteiger partial charge < -0.3 is 33.8 Å². The van der Waals surface area contributed by atoms with Gasteiger partial charge in [0, 0.05) is 25.7 Å². The van der Waals surface area contributed by atoms with Gasteiger partial charge in [-0.1, -0.05) is 247 Å². The fraction of sp³-hybridized carbons (Fsp3) is 0.934. The van der Waals surface area contributed by atoms with E-state index in [1.807, 2.05) is 0 Å². The number of carbonyl (C=O) groups is 4. The van der Waals surface area contributed by atoms with Crippen LogP contribution in [0.3, 0.4) is 0 Å². The highest BCUT2D eigenvalue weighted by atomic mass is 31.2. The van der Waals surface area contributed by atoms with Gasteiger partial charge in [0.25, 0.3) is 0 Å². The molecule has 474 valence electrons. The number of phosphoric ester groups is 2. The van der Waals surface area contributed by atoms with Crippen molar-refractivity contribution in [2.45, 2.75) is 317 Å². The van der Waals surface area contributed by atoms with Crippen molar-refractivity contribution < 1.29 is 80.2 Å². The molecular formula is C61H118O17P2. The summed E-state index contributed by atoms with van der Waals surface area (Å²) in [6.07, 6.45) is 35.4. The van der Waals surface area contributed by atoms with Crippen LogP contribution in [-0.4, -0.2) is 96.7 Å². The van der Waals surface area contributed by atoms with Gasteiger partial charge in [-0.3, -0.25) is 37.3 Å². The quantitative estimate of drug-likeness (QED) is 0.0222. The Morgan fingerprint density at radius 1 is 0.362 bits per heavy atom. The third-order valence-corrected chi connectivity index (χ3v) is 16.2. The lowest BCUT2D eigenvalue weighted by Crippen LogP contribution is -2.30. The second-order valence-electron chi connectivity index (χ2n) is 22.8. The molecule has 0 amide bonds. The molecule has 0 radical (unpaired) electrons. The molecule has 6 atom stereocenters. The lowest BCUT2D eigenvalue weighted by atomic mass is 9.99. The topological polar surface area (TPSA) is 237 Å². The molecule has 19 heteroatoms. The summed E-state index contributed by atoms with van der Waals surface area (Å²) in [6.45, 7) is 9.32. The highest BCUT2D eigenvalue weighted by molar-refractivity contribution is 7.47. The zero-order valence-electron chi connectivity index (χ0n) is 51.4. The van der Waals surface area contributed by atoms with E-state index in [1.165, 1.54) is 96.3 Å². The van der Waals surface area contributed by atoms with Gasteiger partial charge in [0.05, 0.1) is 26.4 Å². The minimum atomic E-state index is -4.94. The Morgan fingerprint density at radius 3 is 0.950 bits per heavy atom. The number of hydrogen-bond acceptors (Lipinski definition) is 15. The third-order valence-electron chi connectivity index (χ3n) is 14.3. The summed E-state index contributed by atoms with van der Waals surface area (Å²) in [5.74, 6) is -0.628. The Balaban J connectivity index is 5.11. The Bertz CT molecular complexity index is 1580. The molecule has 0 aliphatic heterocycles. The molecule has 0 aromatic carbocycles. The van der Waals surface area contributed by atoms with Crippen molar-refractivity contribution in [3.05, 3.63) is 0 Å². The molecule has 17 nitrogen and oxygen atoms in total. The molecular weight excluding hydrogens is 1070 g/mol. The monoisotopic (exact) mass is 1180 g/mol. The third kappa shape index (κ3) is 54.0. The van der Waals surface area contributed by atoms with E-state index in [0.29, 0.717) is 31.6 Å². The number of unbranched alkanes of at least 4 members (excludes halogenated alkanes) is 29. The van der Waals surface area contributed by atoms with E-state index in [-0.39, 0.29) is 25.7 Å². The SMILES string of the molecule is CCCCCCCCCCC(=O)O[C@H](COC(=O)CCCCCCC)COP(=O)(O)OC[C@H](O)COP(=O)(O)OC[C@@H](COC(=O)CCCCCCCCC(C)C)OC(=O)CCCCCCCCCCCCCCCCC(C)CC. The number of esters is 4. The van der Waals surface area contributed by atoms with E-state index in [2.05, 4.69) is 41.5 Å². The van der Waals surface area contributed by atoms with Crippen LogP contribution in [0, 0.1) is 11.8 Å². The first-order chi connectivity index (χ1) is 38.4. The first kappa shape index (κ1) is 78.1. The standard InChI is InChI=1S/C61H118O17P2/c1-7-10-12-14-15-25-33-39-45-60(65)77-56(49-71-58(63)43-37-29-13-11-8-2)51-75-79(67,68)73-47-55(62)48-74-80(69,70)76-52-57(50-72-59(64)44-38-32-28-27-30-35-41-53(4)5)78-61(66)46-40-34-26-23-21-19-17-16-18-20-22-24-31-36-42-54(6)9-3/h53-57,62H,7-52H2,1-6H3,(H,67,68)(H,69,70)/t54?,55-,56+,57+/m0/s1. The van der Waals surface area contributed by atoms with Crippen LogP contribution < -0.4 is 0 Å². The molecule has 0 spiro atoms. The van der Waals surface area contributed by atoms with Gasteiger partial charge in [-0.2, -0.15) is 0 Å². The average Bonchev–Trinajstić information content (AvgIpc) is 3.42. The van der Waals surface area contributed by atoms with Crippen molar-refractivity contribution in [1.82, 2.24) is 0 Å². The van der Waals surface area contributed by atoms with Gasteiger partial charge in [0.15, 0.2) is 12.2 Å². The molecule has 0 aromatic rings. The fourth-order valence-electron chi connectivity index (χ4n) is 8.97. The Morgan fingerprint density at radius 2 is 0.637 bits per heavy atom. The van der Waals surface area contributed by atoms with Gasteiger partial charge in [0.1, 0.15) is 19.3 Å². The predicted octanol–water partition coefficient (Wildman–Crippen LogP) is 16.5. The summed E-state index contributed by atoms with van der Waals surface area (Å²) < 4.78 is 67.6. The minimum Gasteiger partial charge on any atom is -0.462 e. The van der Waals surface area contributed by atoms with E-state index in [0.717, 1.165) is 115 Å². The number of carbonyl (C=O) groups excluding carboxylic acids is 4. The van der Waals surface area contributed by atoms with Gasteiger partial charge >= 0.3 is 39.5 Å². The van der Waals surface area contributed by atoms with Crippen molar-refractivity contribution in [3.63, 3.8) is 0 Å². The maximum Gasteiger partial charge on any atom is 0.472 e. The van der Waals surface area contributed by atoms with Crippen LogP contribution in [0.4, 0.5) is 0 Å². The highest BCUT2D eigenvalue weighted by Crippen LogP contribution is 2.45. The van der Waals surface area contributed by atoms with Crippen LogP contribution in [0.25, 0.3) is 0 Å². The number of hydrogen-bond donors (Lipinski definition) is 3. The average molecular weight is 1190 g/mol. The molecule has 0 fully saturated rings. The molecule has 0 aliphatic carbocycles. The molecule has 0 bridgehead atoms. The zero-order valence-corrected chi connectivity index (χ0v) is 53.2. The van der Waals surface area contributed by atoms with Crippen molar-refractivity contribution in [1.29, 1.82) is 0 Å². The van der Waals surface area contributed by atoms with Gasteiger partial charge in [0.2, 0.25) is 0 Å². The molecule has 0 saturated heterocycles. The second kappa shape index (κ2) is 53.8. The highest BCUT2D eigenvalue weighted by Gasteiger charge is 2.30. The van der Waals surface area contributed by atoms with Crippen molar-refractivity contribution in [3.8, 4) is 0 Å². The first-order valence-electron chi connectivity index (χ1n) is 32.0. The van der Waals surface area contributed by atoms with E-state index in [9.17, 15) is 43.2 Å². The fourth-order valence-corrected chi connectivity index (χ4v) is 10.5. The number of rotatable bonds is 60. The summed E-state index contributed by atoms with van der Waals surface area (Å²) in [6, 6.07) is 0. The number of aliphatic hydroxyl groups excluding tert-OH is 1. The summed E-state index contributed by atoms with van der Waals surface area (Å²) >= 11 is 0. The summed E-state index contributed by atoms with van der Waals surface area (Å²) in [7, 11) is -9.87. The summed E-state index contributed by atoms with van der Waals surface area (Å²) in [5.41, 5.74) is 0. The maximum atomic E-state index is 12.9. The Labute approximate surface area is 486 Å². The second-order valence-corrected chi connectivity index (χ2v) is 25.7. The molecule has 0 heterocycles. The predicted molar refractivity (Wildman–Crippen MR) is 317 cm³/mol. The van der Waals surface area contributed by atoms with Crippen molar-refractivity contribution in [2.75, 3.05) is 39.6 Å².